The fraction of sp³-hybridized carbons (Fsp3) is 0.435. The number of hydrogen-bond acceptors (Lipinski definition) is 5. The Kier molecular flexibility index (Phi) is 7.60. The zero-order valence-corrected chi connectivity index (χ0v) is 18.7. The van der Waals surface area contributed by atoms with Crippen molar-refractivity contribution in [2.24, 2.45) is 0 Å². The second-order valence-corrected chi connectivity index (χ2v) is 8.03. The van der Waals surface area contributed by atoms with E-state index >= 15 is 0 Å². The SMILES string of the molecule is Cc1cc(NC(=O)c2c(C)c(C(=O)C(=O)NC3CCOC[C@H]3O)n(CCF)c2C)ccc1F. The smallest absolute Gasteiger partial charge is 0.294 e. The second kappa shape index (κ2) is 10.2. The number of ether oxygens (including phenoxy) is 1. The minimum atomic E-state index is -0.956. The van der Waals surface area contributed by atoms with Crippen LogP contribution >= 0.6 is 0 Å². The largest absolute Gasteiger partial charge is 0.389 e. The van der Waals surface area contributed by atoms with Gasteiger partial charge in [0.25, 0.3) is 17.6 Å². The van der Waals surface area contributed by atoms with Crippen LogP contribution in [-0.4, -0.2) is 59.3 Å². The summed E-state index contributed by atoms with van der Waals surface area (Å²) in [5.41, 5.74) is 1.29. The number of aromatic nitrogens is 1. The summed E-state index contributed by atoms with van der Waals surface area (Å²) in [4.78, 5) is 38.7. The standard InChI is InChI=1S/C23H27F2N3O5/c1-12-10-15(4-5-16(12)25)26-22(31)19-13(2)20(28(8-7-24)14(19)3)21(30)23(32)27-17-6-9-33-11-18(17)29/h4-5,10,17-18,29H,6-9,11H2,1-3H3,(H,26,31)(H,27,32)/t17?,18-/m1/s1. The molecule has 10 heteroatoms. The summed E-state index contributed by atoms with van der Waals surface area (Å²) in [7, 11) is 0. The highest BCUT2D eigenvalue weighted by Crippen LogP contribution is 2.25. The maximum Gasteiger partial charge on any atom is 0.294 e. The van der Waals surface area contributed by atoms with Crippen molar-refractivity contribution in [3.63, 3.8) is 0 Å². The molecule has 1 unspecified atom stereocenters. The molecule has 1 aromatic carbocycles. The molecule has 2 aromatic rings. The molecule has 2 heterocycles. The van der Waals surface area contributed by atoms with E-state index in [-0.39, 0.29) is 30.0 Å². The number of anilines is 1. The summed E-state index contributed by atoms with van der Waals surface area (Å²) < 4.78 is 33.2. The second-order valence-electron chi connectivity index (χ2n) is 8.03. The topological polar surface area (TPSA) is 110 Å². The van der Waals surface area contributed by atoms with Gasteiger partial charge in [-0.2, -0.15) is 0 Å². The normalized spacial score (nSPS) is 18.1. The van der Waals surface area contributed by atoms with Gasteiger partial charge in [0.15, 0.2) is 0 Å². The number of carbonyl (C=O) groups excluding carboxylic acids is 3. The highest BCUT2D eigenvalue weighted by molar-refractivity contribution is 6.43. The number of hydrogen-bond donors (Lipinski definition) is 3. The Hall–Kier alpha value is -3.11. The number of nitrogens with zero attached hydrogens (tertiary/aromatic N) is 1. The van der Waals surface area contributed by atoms with Crippen LogP contribution in [0.25, 0.3) is 0 Å². The maximum absolute atomic E-state index is 13.5. The molecule has 3 rings (SSSR count). The van der Waals surface area contributed by atoms with Crippen LogP contribution in [0.3, 0.4) is 0 Å². The molecular weight excluding hydrogens is 436 g/mol. The van der Waals surface area contributed by atoms with Crippen LogP contribution in [0.15, 0.2) is 18.2 Å². The van der Waals surface area contributed by atoms with Crippen LogP contribution in [0.1, 0.15) is 44.1 Å². The van der Waals surface area contributed by atoms with E-state index in [1.54, 1.807) is 13.8 Å². The van der Waals surface area contributed by atoms with Crippen molar-refractivity contribution in [1.29, 1.82) is 0 Å². The average molecular weight is 463 g/mol. The van der Waals surface area contributed by atoms with Crippen LogP contribution in [0.5, 0.6) is 0 Å². The number of halogens is 2. The molecule has 0 spiro atoms. The number of aryl methyl sites for hydroxylation is 1. The van der Waals surface area contributed by atoms with Gasteiger partial charge in [-0.3, -0.25) is 14.4 Å². The monoisotopic (exact) mass is 463 g/mol. The number of alkyl halides is 1. The van der Waals surface area contributed by atoms with Crippen molar-refractivity contribution in [1.82, 2.24) is 9.88 Å². The minimum absolute atomic E-state index is 0.0443. The van der Waals surface area contributed by atoms with Crippen LogP contribution < -0.4 is 10.6 Å². The molecule has 0 radical (unpaired) electrons. The summed E-state index contributed by atoms with van der Waals surface area (Å²) in [6, 6.07) is 3.45. The molecule has 3 N–H and O–H groups in total. The molecule has 1 aromatic heterocycles. The van der Waals surface area contributed by atoms with Gasteiger partial charge >= 0.3 is 0 Å². The van der Waals surface area contributed by atoms with Crippen LogP contribution in [-0.2, 0) is 16.1 Å². The molecule has 1 aliphatic rings. The number of aliphatic hydroxyl groups excluding tert-OH is 1. The van der Waals surface area contributed by atoms with Gasteiger partial charge in [-0.05, 0) is 56.5 Å². The lowest BCUT2D eigenvalue weighted by Gasteiger charge is -2.28. The van der Waals surface area contributed by atoms with E-state index < -0.39 is 42.2 Å². The number of Topliss-reactive ketones (excluding diaryl/α,β-unsaturated/α-hetero) is 1. The van der Waals surface area contributed by atoms with E-state index in [0.717, 1.165) is 0 Å². The quantitative estimate of drug-likeness (QED) is 0.431. The fourth-order valence-corrected chi connectivity index (χ4v) is 4.04. The summed E-state index contributed by atoms with van der Waals surface area (Å²) >= 11 is 0. The average Bonchev–Trinajstić information content (AvgIpc) is 3.01. The number of amides is 2. The van der Waals surface area contributed by atoms with E-state index in [2.05, 4.69) is 10.6 Å². The Morgan fingerprint density at radius 2 is 1.97 bits per heavy atom. The van der Waals surface area contributed by atoms with E-state index in [1.807, 2.05) is 0 Å². The van der Waals surface area contributed by atoms with Crippen molar-refractivity contribution in [2.45, 2.75) is 45.9 Å². The Bertz CT molecular complexity index is 1080. The van der Waals surface area contributed by atoms with Crippen molar-refractivity contribution in [2.75, 3.05) is 25.2 Å². The molecule has 2 atom stereocenters. The number of nitrogens with one attached hydrogen (secondary N) is 2. The fourth-order valence-electron chi connectivity index (χ4n) is 4.04. The third-order valence-electron chi connectivity index (χ3n) is 5.78. The van der Waals surface area contributed by atoms with Crippen LogP contribution in [0, 0.1) is 26.6 Å². The molecule has 33 heavy (non-hydrogen) atoms. The van der Waals surface area contributed by atoms with Gasteiger partial charge in [0, 0.05) is 18.0 Å². The van der Waals surface area contributed by atoms with Gasteiger partial charge in [-0.1, -0.05) is 0 Å². The summed E-state index contributed by atoms with van der Waals surface area (Å²) in [5, 5.41) is 15.1. The Morgan fingerprint density at radius 3 is 2.61 bits per heavy atom. The Balaban J connectivity index is 1.90. The molecular formula is C23H27F2N3O5. The molecule has 2 amide bonds. The zero-order valence-electron chi connectivity index (χ0n) is 18.7. The lowest BCUT2D eigenvalue weighted by molar-refractivity contribution is -0.120. The Labute approximate surface area is 189 Å². The maximum atomic E-state index is 13.5. The molecule has 1 saturated heterocycles. The minimum Gasteiger partial charge on any atom is -0.389 e. The number of aliphatic hydroxyl groups is 1. The number of rotatable bonds is 7. The number of benzene rings is 1. The van der Waals surface area contributed by atoms with Gasteiger partial charge in [-0.25, -0.2) is 8.78 Å². The Morgan fingerprint density at radius 1 is 1.24 bits per heavy atom. The third-order valence-corrected chi connectivity index (χ3v) is 5.78. The summed E-state index contributed by atoms with van der Waals surface area (Å²) in [5.74, 6) is -2.87. The van der Waals surface area contributed by atoms with E-state index in [1.165, 1.54) is 29.7 Å². The van der Waals surface area contributed by atoms with Crippen molar-refractivity contribution >= 4 is 23.3 Å². The van der Waals surface area contributed by atoms with E-state index in [9.17, 15) is 28.3 Å². The molecule has 1 fully saturated rings. The number of carbonyl (C=O) groups is 3. The van der Waals surface area contributed by atoms with Crippen molar-refractivity contribution < 1.29 is 33.0 Å². The molecule has 0 saturated carbocycles. The van der Waals surface area contributed by atoms with Crippen LogP contribution in [0.4, 0.5) is 14.5 Å². The van der Waals surface area contributed by atoms with Gasteiger partial charge in [-0.15, -0.1) is 0 Å². The van der Waals surface area contributed by atoms with E-state index in [0.29, 0.717) is 30.0 Å². The highest BCUT2D eigenvalue weighted by atomic mass is 19.1. The van der Waals surface area contributed by atoms with Crippen LogP contribution in [0.2, 0.25) is 0 Å². The molecule has 0 bridgehead atoms. The van der Waals surface area contributed by atoms with Gasteiger partial charge in [0.1, 0.15) is 12.5 Å². The molecule has 0 aliphatic carbocycles. The predicted octanol–water partition coefficient (Wildman–Crippen LogP) is 2.22. The first-order valence-electron chi connectivity index (χ1n) is 10.6. The molecule has 8 nitrogen and oxygen atoms in total. The highest BCUT2D eigenvalue weighted by Gasteiger charge is 2.32. The zero-order chi connectivity index (χ0) is 24.3. The third kappa shape index (κ3) is 5.12. The lowest BCUT2D eigenvalue weighted by atomic mass is 10.0. The number of ketones is 1. The van der Waals surface area contributed by atoms with Gasteiger partial charge < -0.3 is 25.0 Å². The lowest BCUT2D eigenvalue weighted by Crippen LogP contribution is -2.50. The van der Waals surface area contributed by atoms with Crippen molar-refractivity contribution in [3.8, 4) is 0 Å². The summed E-state index contributed by atoms with van der Waals surface area (Å²) in [6.07, 6.45) is -0.606. The first-order valence-corrected chi connectivity index (χ1v) is 10.6. The predicted molar refractivity (Wildman–Crippen MR) is 117 cm³/mol. The van der Waals surface area contributed by atoms with Gasteiger partial charge in [0.05, 0.1) is 36.6 Å². The first-order chi connectivity index (χ1) is 15.6. The first kappa shape index (κ1) is 24.5. The molecule has 178 valence electrons. The van der Waals surface area contributed by atoms with E-state index in [4.69, 9.17) is 4.74 Å². The van der Waals surface area contributed by atoms with Crippen molar-refractivity contribution in [3.05, 3.63) is 52.1 Å². The summed E-state index contributed by atoms with van der Waals surface area (Å²) in [6.45, 7) is 3.98. The van der Waals surface area contributed by atoms with Gasteiger partial charge in [0.2, 0.25) is 0 Å². The molecule has 1 aliphatic heterocycles.